The summed E-state index contributed by atoms with van der Waals surface area (Å²) in [7, 11) is 0. The summed E-state index contributed by atoms with van der Waals surface area (Å²) in [6.07, 6.45) is 10.3. The third-order valence-corrected chi connectivity index (χ3v) is 3.54. The van der Waals surface area contributed by atoms with E-state index in [2.05, 4.69) is 13.0 Å². The van der Waals surface area contributed by atoms with Gasteiger partial charge in [-0.05, 0) is 30.5 Å². The third kappa shape index (κ3) is 5.56. The second-order valence-corrected chi connectivity index (χ2v) is 5.20. The van der Waals surface area contributed by atoms with Crippen molar-refractivity contribution in [1.82, 2.24) is 0 Å². The molecule has 0 spiro atoms. The van der Waals surface area contributed by atoms with Gasteiger partial charge in [-0.2, -0.15) is 5.26 Å². The SMILES string of the molecule is CCCCCCCCCc1ccc(C#N)c(Cl)c1. The van der Waals surface area contributed by atoms with Crippen molar-refractivity contribution in [3.8, 4) is 6.07 Å². The van der Waals surface area contributed by atoms with Gasteiger partial charge in [0.2, 0.25) is 0 Å². The minimum atomic E-state index is 0.569. The van der Waals surface area contributed by atoms with E-state index in [1.54, 1.807) is 0 Å². The van der Waals surface area contributed by atoms with E-state index >= 15 is 0 Å². The highest BCUT2D eigenvalue weighted by Crippen LogP contribution is 2.18. The topological polar surface area (TPSA) is 23.8 Å². The van der Waals surface area contributed by atoms with Gasteiger partial charge in [0.1, 0.15) is 6.07 Å². The van der Waals surface area contributed by atoms with Crippen molar-refractivity contribution in [2.75, 3.05) is 0 Å². The number of aryl methyl sites for hydroxylation is 1. The average Bonchev–Trinajstić information content (AvgIpc) is 2.38. The van der Waals surface area contributed by atoms with Gasteiger partial charge in [-0.15, -0.1) is 0 Å². The number of nitriles is 1. The van der Waals surface area contributed by atoms with Crippen molar-refractivity contribution in [1.29, 1.82) is 5.26 Å². The summed E-state index contributed by atoms with van der Waals surface area (Å²) in [5.41, 5.74) is 1.81. The normalized spacial score (nSPS) is 10.3. The van der Waals surface area contributed by atoms with E-state index in [0.717, 1.165) is 6.42 Å². The molecule has 1 rings (SSSR count). The average molecular weight is 264 g/mol. The maximum Gasteiger partial charge on any atom is 0.101 e. The Hall–Kier alpha value is -1.00. The van der Waals surface area contributed by atoms with E-state index in [0.29, 0.717) is 10.6 Å². The number of unbranched alkanes of at least 4 members (excludes halogenated alkanes) is 6. The third-order valence-electron chi connectivity index (χ3n) is 3.22. The lowest BCUT2D eigenvalue weighted by molar-refractivity contribution is 0.589. The van der Waals surface area contributed by atoms with Crippen LogP contribution in [-0.2, 0) is 6.42 Å². The van der Waals surface area contributed by atoms with Gasteiger partial charge in [0.05, 0.1) is 10.6 Å². The molecular weight excluding hydrogens is 242 g/mol. The van der Waals surface area contributed by atoms with Crippen LogP contribution in [0.25, 0.3) is 0 Å². The molecule has 0 unspecified atom stereocenters. The Morgan fingerprint density at radius 2 is 1.72 bits per heavy atom. The molecule has 0 aliphatic rings. The first-order chi connectivity index (χ1) is 8.77. The molecule has 18 heavy (non-hydrogen) atoms. The fourth-order valence-corrected chi connectivity index (χ4v) is 2.34. The van der Waals surface area contributed by atoms with Crippen molar-refractivity contribution in [3.63, 3.8) is 0 Å². The number of rotatable bonds is 8. The zero-order valence-electron chi connectivity index (χ0n) is 11.2. The van der Waals surface area contributed by atoms with Crippen molar-refractivity contribution >= 4 is 11.6 Å². The van der Waals surface area contributed by atoms with Crippen LogP contribution in [0.15, 0.2) is 18.2 Å². The Morgan fingerprint density at radius 3 is 2.33 bits per heavy atom. The zero-order valence-corrected chi connectivity index (χ0v) is 12.0. The van der Waals surface area contributed by atoms with Gasteiger partial charge in [-0.25, -0.2) is 0 Å². The molecule has 0 amide bonds. The monoisotopic (exact) mass is 263 g/mol. The summed E-state index contributed by atoms with van der Waals surface area (Å²) >= 11 is 6.00. The summed E-state index contributed by atoms with van der Waals surface area (Å²) in [4.78, 5) is 0. The molecule has 0 aliphatic heterocycles. The van der Waals surface area contributed by atoms with Gasteiger partial charge in [0, 0.05) is 0 Å². The van der Waals surface area contributed by atoms with Crippen molar-refractivity contribution in [3.05, 3.63) is 34.3 Å². The summed E-state index contributed by atoms with van der Waals surface area (Å²) in [6, 6.07) is 7.85. The molecule has 1 nitrogen and oxygen atoms in total. The maximum atomic E-state index is 8.79. The van der Waals surface area contributed by atoms with E-state index in [1.165, 1.54) is 50.5 Å². The van der Waals surface area contributed by atoms with Crippen LogP contribution in [0.5, 0.6) is 0 Å². The highest BCUT2D eigenvalue weighted by Gasteiger charge is 2.01. The summed E-state index contributed by atoms with van der Waals surface area (Å²) < 4.78 is 0. The zero-order chi connectivity index (χ0) is 13.2. The molecule has 1 aromatic carbocycles. The molecule has 0 aliphatic carbocycles. The lowest BCUT2D eigenvalue weighted by Gasteiger charge is -2.03. The van der Waals surface area contributed by atoms with Gasteiger partial charge in [0.25, 0.3) is 0 Å². The van der Waals surface area contributed by atoms with Gasteiger partial charge in [-0.1, -0.05) is 63.1 Å². The van der Waals surface area contributed by atoms with Gasteiger partial charge in [0.15, 0.2) is 0 Å². The number of halogens is 1. The largest absolute Gasteiger partial charge is 0.192 e. The van der Waals surface area contributed by atoms with E-state index < -0.39 is 0 Å². The Kier molecular flexibility index (Phi) is 7.53. The molecule has 1 aromatic rings. The number of nitrogens with zero attached hydrogens (tertiary/aromatic N) is 1. The Labute approximate surface area is 116 Å². The molecule has 0 heterocycles. The molecule has 0 saturated carbocycles. The first-order valence-corrected chi connectivity index (χ1v) is 7.34. The fourth-order valence-electron chi connectivity index (χ4n) is 2.09. The smallest absolute Gasteiger partial charge is 0.101 e. The Balaban J connectivity index is 2.20. The predicted molar refractivity (Wildman–Crippen MR) is 77.9 cm³/mol. The first kappa shape index (κ1) is 15.1. The molecule has 0 atom stereocenters. The lowest BCUT2D eigenvalue weighted by atomic mass is 10.0. The quantitative estimate of drug-likeness (QED) is 0.568. The van der Waals surface area contributed by atoms with Crippen LogP contribution >= 0.6 is 11.6 Å². The molecule has 98 valence electrons. The molecule has 0 N–H and O–H groups in total. The van der Waals surface area contributed by atoms with E-state index in [-0.39, 0.29) is 0 Å². The summed E-state index contributed by atoms with van der Waals surface area (Å²) in [5, 5.41) is 9.37. The molecular formula is C16H22ClN. The molecule has 0 fully saturated rings. The summed E-state index contributed by atoms with van der Waals surface area (Å²) in [6.45, 7) is 2.24. The van der Waals surface area contributed by atoms with Crippen molar-refractivity contribution in [2.24, 2.45) is 0 Å². The number of benzene rings is 1. The lowest BCUT2D eigenvalue weighted by Crippen LogP contribution is -1.88. The minimum absolute atomic E-state index is 0.569. The van der Waals surface area contributed by atoms with Crippen LogP contribution in [0.2, 0.25) is 5.02 Å². The van der Waals surface area contributed by atoms with E-state index in [1.807, 2.05) is 18.2 Å². The fraction of sp³-hybridized carbons (Fsp3) is 0.562. The van der Waals surface area contributed by atoms with Crippen LogP contribution in [0.1, 0.15) is 63.0 Å². The molecule has 0 aromatic heterocycles. The van der Waals surface area contributed by atoms with Gasteiger partial charge < -0.3 is 0 Å². The second kappa shape index (κ2) is 9.00. The van der Waals surface area contributed by atoms with Crippen molar-refractivity contribution < 1.29 is 0 Å². The second-order valence-electron chi connectivity index (χ2n) is 4.80. The molecule has 0 saturated heterocycles. The first-order valence-electron chi connectivity index (χ1n) is 6.96. The maximum absolute atomic E-state index is 8.79. The predicted octanol–water partition coefficient (Wildman–Crippen LogP) is 5.50. The van der Waals surface area contributed by atoms with Crippen LogP contribution in [0.4, 0.5) is 0 Å². The van der Waals surface area contributed by atoms with E-state index in [4.69, 9.17) is 16.9 Å². The van der Waals surface area contributed by atoms with Crippen LogP contribution < -0.4 is 0 Å². The molecule has 2 heteroatoms. The summed E-state index contributed by atoms with van der Waals surface area (Å²) in [5.74, 6) is 0. The number of hydrogen-bond donors (Lipinski definition) is 0. The van der Waals surface area contributed by atoms with Crippen LogP contribution in [-0.4, -0.2) is 0 Å². The highest BCUT2D eigenvalue weighted by atomic mass is 35.5. The minimum Gasteiger partial charge on any atom is -0.192 e. The van der Waals surface area contributed by atoms with Gasteiger partial charge in [-0.3, -0.25) is 0 Å². The van der Waals surface area contributed by atoms with E-state index in [9.17, 15) is 0 Å². The van der Waals surface area contributed by atoms with Crippen LogP contribution in [0, 0.1) is 11.3 Å². The van der Waals surface area contributed by atoms with Crippen molar-refractivity contribution in [2.45, 2.75) is 58.3 Å². The van der Waals surface area contributed by atoms with Crippen LogP contribution in [0.3, 0.4) is 0 Å². The number of hydrogen-bond acceptors (Lipinski definition) is 1. The van der Waals surface area contributed by atoms with Gasteiger partial charge >= 0.3 is 0 Å². The highest BCUT2D eigenvalue weighted by molar-refractivity contribution is 6.31. The molecule has 0 radical (unpaired) electrons. The standard InChI is InChI=1S/C16H22ClN/c1-2-3-4-5-6-7-8-9-14-10-11-15(13-18)16(17)12-14/h10-12H,2-9H2,1H3. The Bertz CT molecular complexity index is 393. The molecule has 0 bridgehead atoms. The Morgan fingerprint density at radius 1 is 1.06 bits per heavy atom.